The van der Waals surface area contributed by atoms with Crippen molar-refractivity contribution in [2.75, 3.05) is 0 Å². The van der Waals surface area contributed by atoms with Gasteiger partial charge in [0.15, 0.2) is 5.78 Å². The highest BCUT2D eigenvalue weighted by Crippen LogP contribution is 2.33. The summed E-state index contributed by atoms with van der Waals surface area (Å²) in [6.07, 6.45) is 1.36. The number of aliphatic hydroxyl groups excluding tert-OH is 1. The van der Waals surface area contributed by atoms with Crippen LogP contribution in [0.5, 0.6) is 0 Å². The fraction of sp³-hybridized carbons (Fsp3) is 0.467. The van der Waals surface area contributed by atoms with E-state index in [0.717, 1.165) is 36.2 Å². The first-order valence-electron chi connectivity index (χ1n) is 6.85. The van der Waals surface area contributed by atoms with Crippen LogP contribution in [-0.4, -0.2) is 26.5 Å². The van der Waals surface area contributed by atoms with Gasteiger partial charge in [0.1, 0.15) is 11.9 Å². The molecule has 0 aliphatic heterocycles. The van der Waals surface area contributed by atoms with E-state index in [9.17, 15) is 9.90 Å². The Morgan fingerprint density at radius 2 is 2.21 bits per heavy atom. The topological polar surface area (TPSA) is 55.1 Å². The van der Waals surface area contributed by atoms with Crippen LogP contribution in [0.4, 0.5) is 0 Å². The number of rotatable bonds is 5. The zero-order chi connectivity index (χ0) is 13.4. The molecule has 0 amide bonds. The van der Waals surface area contributed by atoms with E-state index in [2.05, 4.69) is 4.98 Å². The third-order valence-corrected chi connectivity index (χ3v) is 3.78. The molecule has 1 aromatic heterocycles. The van der Waals surface area contributed by atoms with Crippen molar-refractivity contribution in [3.8, 4) is 0 Å². The van der Waals surface area contributed by atoms with E-state index in [4.69, 9.17) is 0 Å². The molecule has 0 bridgehead atoms. The van der Waals surface area contributed by atoms with Gasteiger partial charge in [0, 0.05) is 6.54 Å². The van der Waals surface area contributed by atoms with Crippen molar-refractivity contribution >= 4 is 16.8 Å². The number of benzene rings is 1. The summed E-state index contributed by atoms with van der Waals surface area (Å²) in [6.45, 7) is 2.82. The Labute approximate surface area is 112 Å². The summed E-state index contributed by atoms with van der Waals surface area (Å²) in [5.74, 6) is 0.841. The number of ketones is 1. The SMILES string of the molecule is CCn1c(CC(=O)C(O)C2CC2)nc2ccccc21. The van der Waals surface area contributed by atoms with Gasteiger partial charge in [0.05, 0.1) is 17.5 Å². The highest BCUT2D eigenvalue weighted by molar-refractivity contribution is 5.86. The maximum atomic E-state index is 12.0. The Kier molecular flexibility index (Phi) is 3.11. The molecule has 19 heavy (non-hydrogen) atoms. The minimum absolute atomic E-state index is 0.104. The van der Waals surface area contributed by atoms with Crippen molar-refractivity contribution in [1.82, 2.24) is 9.55 Å². The average molecular weight is 258 g/mol. The van der Waals surface area contributed by atoms with E-state index in [1.165, 1.54) is 0 Å². The van der Waals surface area contributed by atoms with Crippen LogP contribution < -0.4 is 0 Å². The molecule has 1 heterocycles. The van der Waals surface area contributed by atoms with Gasteiger partial charge in [-0.1, -0.05) is 12.1 Å². The summed E-state index contributed by atoms with van der Waals surface area (Å²) >= 11 is 0. The van der Waals surface area contributed by atoms with Crippen LogP contribution in [0.2, 0.25) is 0 Å². The number of Topliss-reactive ketones (excluding diaryl/α,β-unsaturated/α-hetero) is 1. The van der Waals surface area contributed by atoms with Crippen molar-refractivity contribution in [3.05, 3.63) is 30.1 Å². The predicted octanol–water partition coefficient (Wildman–Crippen LogP) is 1.94. The van der Waals surface area contributed by atoms with E-state index in [1.54, 1.807) is 0 Å². The molecule has 0 radical (unpaired) electrons. The number of aliphatic hydroxyl groups is 1. The number of fused-ring (bicyclic) bond motifs is 1. The molecule has 1 aliphatic rings. The number of carbonyl (C=O) groups excluding carboxylic acids is 1. The van der Waals surface area contributed by atoms with E-state index in [0.29, 0.717) is 0 Å². The Morgan fingerprint density at radius 1 is 1.47 bits per heavy atom. The third-order valence-electron chi connectivity index (χ3n) is 3.78. The first-order chi connectivity index (χ1) is 9.20. The summed E-state index contributed by atoms with van der Waals surface area (Å²) in [4.78, 5) is 16.6. The lowest BCUT2D eigenvalue weighted by Gasteiger charge is -2.09. The van der Waals surface area contributed by atoms with Crippen molar-refractivity contribution in [1.29, 1.82) is 0 Å². The minimum atomic E-state index is -0.801. The van der Waals surface area contributed by atoms with Crippen LogP contribution in [-0.2, 0) is 17.8 Å². The molecule has 2 aromatic rings. The Balaban J connectivity index is 1.89. The summed E-state index contributed by atoms with van der Waals surface area (Å²) in [5.41, 5.74) is 1.96. The smallest absolute Gasteiger partial charge is 0.169 e. The second-order valence-electron chi connectivity index (χ2n) is 5.19. The third kappa shape index (κ3) is 2.28. The summed E-state index contributed by atoms with van der Waals surface area (Å²) in [6, 6.07) is 7.88. The molecule has 0 spiro atoms. The summed E-state index contributed by atoms with van der Waals surface area (Å²) in [5, 5.41) is 9.87. The van der Waals surface area contributed by atoms with Crippen molar-refractivity contribution < 1.29 is 9.90 Å². The lowest BCUT2D eigenvalue weighted by molar-refractivity contribution is -0.127. The molecule has 4 heteroatoms. The van der Waals surface area contributed by atoms with E-state index < -0.39 is 6.10 Å². The van der Waals surface area contributed by atoms with Crippen LogP contribution in [0.1, 0.15) is 25.6 Å². The molecule has 1 fully saturated rings. The van der Waals surface area contributed by atoms with Gasteiger partial charge in [-0.3, -0.25) is 4.79 Å². The zero-order valence-corrected chi connectivity index (χ0v) is 11.0. The Hall–Kier alpha value is -1.68. The van der Waals surface area contributed by atoms with E-state index >= 15 is 0 Å². The van der Waals surface area contributed by atoms with Crippen LogP contribution >= 0.6 is 0 Å². The standard InChI is InChI=1S/C15H18N2O2/c1-2-17-12-6-4-3-5-11(12)16-14(17)9-13(18)15(19)10-7-8-10/h3-6,10,15,19H,2,7-9H2,1H3. The zero-order valence-electron chi connectivity index (χ0n) is 11.0. The van der Waals surface area contributed by atoms with Crippen molar-refractivity contribution in [3.63, 3.8) is 0 Å². The molecule has 1 aliphatic carbocycles. The number of hydrogen-bond acceptors (Lipinski definition) is 3. The maximum absolute atomic E-state index is 12.0. The quantitative estimate of drug-likeness (QED) is 0.891. The van der Waals surface area contributed by atoms with Gasteiger partial charge in [0.25, 0.3) is 0 Å². The molecule has 100 valence electrons. The predicted molar refractivity (Wildman–Crippen MR) is 72.8 cm³/mol. The molecule has 4 nitrogen and oxygen atoms in total. The summed E-state index contributed by atoms with van der Waals surface area (Å²) < 4.78 is 2.05. The van der Waals surface area contributed by atoms with Crippen LogP contribution in [0, 0.1) is 5.92 Å². The number of carbonyl (C=O) groups is 1. The molecule has 1 N–H and O–H groups in total. The van der Waals surface area contributed by atoms with Crippen molar-refractivity contribution in [2.24, 2.45) is 5.92 Å². The highest BCUT2D eigenvalue weighted by atomic mass is 16.3. The normalized spacial score (nSPS) is 16.7. The van der Waals surface area contributed by atoms with Gasteiger partial charge in [-0.2, -0.15) is 0 Å². The maximum Gasteiger partial charge on any atom is 0.169 e. The minimum Gasteiger partial charge on any atom is -0.385 e. The molecular formula is C15H18N2O2. The molecule has 0 saturated heterocycles. The van der Waals surface area contributed by atoms with Gasteiger partial charge in [0.2, 0.25) is 0 Å². The first kappa shape index (κ1) is 12.4. The summed E-state index contributed by atoms with van der Waals surface area (Å²) in [7, 11) is 0. The number of hydrogen-bond donors (Lipinski definition) is 1. The van der Waals surface area contributed by atoms with Gasteiger partial charge >= 0.3 is 0 Å². The first-order valence-corrected chi connectivity index (χ1v) is 6.85. The number of aryl methyl sites for hydroxylation is 1. The van der Waals surface area contributed by atoms with Crippen molar-refractivity contribution in [2.45, 2.75) is 38.8 Å². The lowest BCUT2D eigenvalue weighted by Crippen LogP contribution is -2.25. The average Bonchev–Trinajstić information content (AvgIpc) is 3.20. The fourth-order valence-corrected chi connectivity index (χ4v) is 2.55. The second-order valence-corrected chi connectivity index (χ2v) is 5.19. The molecular weight excluding hydrogens is 240 g/mol. The van der Waals surface area contributed by atoms with E-state index in [-0.39, 0.29) is 18.1 Å². The molecule has 1 aromatic carbocycles. The van der Waals surface area contributed by atoms with Gasteiger partial charge < -0.3 is 9.67 Å². The number of imidazole rings is 1. The Bertz CT molecular complexity index is 614. The van der Waals surface area contributed by atoms with Gasteiger partial charge in [-0.25, -0.2) is 4.98 Å². The second kappa shape index (κ2) is 4.78. The molecule has 3 rings (SSSR count). The molecule has 1 atom stereocenters. The van der Waals surface area contributed by atoms with Crippen LogP contribution in [0.25, 0.3) is 11.0 Å². The fourth-order valence-electron chi connectivity index (χ4n) is 2.55. The number of nitrogens with zero attached hydrogens (tertiary/aromatic N) is 2. The lowest BCUT2D eigenvalue weighted by atomic mass is 10.1. The van der Waals surface area contributed by atoms with E-state index in [1.807, 2.05) is 35.8 Å². The van der Waals surface area contributed by atoms with Gasteiger partial charge in [-0.05, 0) is 37.8 Å². The van der Waals surface area contributed by atoms with Crippen LogP contribution in [0.15, 0.2) is 24.3 Å². The van der Waals surface area contributed by atoms with Crippen LogP contribution in [0.3, 0.4) is 0 Å². The monoisotopic (exact) mass is 258 g/mol. The van der Waals surface area contributed by atoms with Gasteiger partial charge in [-0.15, -0.1) is 0 Å². The highest BCUT2D eigenvalue weighted by Gasteiger charge is 2.34. The largest absolute Gasteiger partial charge is 0.385 e. The molecule has 1 unspecified atom stereocenters. The number of aromatic nitrogens is 2. The Morgan fingerprint density at radius 3 is 2.89 bits per heavy atom. The molecule has 1 saturated carbocycles. The number of para-hydroxylation sites is 2.